The van der Waals surface area contributed by atoms with Gasteiger partial charge in [0.15, 0.2) is 0 Å². The summed E-state index contributed by atoms with van der Waals surface area (Å²) in [5.74, 6) is 1.11. The first-order valence-corrected chi connectivity index (χ1v) is 11.8. The van der Waals surface area contributed by atoms with Crippen molar-refractivity contribution in [3.63, 3.8) is 0 Å². The molecule has 0 aliphatic heterocycles. The Morgan fingerprint density at radius 3 is 2.70 bits per heavy atom. The van der Waals surface area contributed by atoms with E-state index in [2.05, 4.69) is 32.6 Å². The van der Waals surface area contributed by atoms with Gasteiger partial charge in [-0.2, -0.15) is 0 Å². The van der Waals surface area contributed by atoms with Gasteiger partial charge in [-0.15, -0.1) is 0 Å². The molecule has 3 rings (SSSR count). The molecule has 3 N–H and O–H groups in total. The van der Waals surface area contributed by atoms with Crippen molar-refractivity contribution in [2.75, 3.05) is 6.61 Å². The van der Waals surface area contributed by atoms with Gasteiger partial charge in [-0.1, -0.05) is 31.2 Å². The Morgan fingerprint density at radius 1 is 1.27 bits per heavy atom. The van der Waals surface area contributed by atoms with Gasteiger partial charge in [0.1, 0.15) is 0 Å². The summed E-state index contributed by atoms with van der Waals surface area (Å²) >= 11 is 0. The smallest absolute Gasteiger partial charge is 0.0811 e. The third-order valence-corrected chi connectivity index (χ3v) is 7.96. The monoisotopic (exact) mass is 418 g/mol. The van der Waals surface area contributed by atoms with Gasteiger partial charge in [-0.25, -0.2) is 0 Å². The molecular weight excluding hydrogens is 376 g/mol. The average Bonchev–Trinajstić information content (AvgIpc) is 3.00. The molecule has 3 aliphatic rings. The summed E-state index contributed by atoms with van der Waals surface area (Å²) in [4.78, 5) is 0. The highest BCUT2D eigenvalue weighted by atomic mass is 16.5. The maximum absolute atomic E-state index is 10.1. The van der Waals surface area contributed by atoms with Gasteiger partial charge in [0.05, 0.1) is 23.9 Å². The second-order valence-electron chi connectivity index (χ2n) is 10.8. The van der Waals surface area contributed by atoms with Crippen molar-refractivity contribution in [1.82, 2.24) is 0 Å². The Labute approximate surface area is 182 Å². The zero-order valence-electron chi connectivity index (χ0n) is 19.4. The molecule has 30 heavy (non-hydrogen) atoms. The molecule has 4 heteroatoms. The number of hydrogen-bond acceptors (Lipinski definition) is 4. The highest BCUT2D eigenvalue weighted by Gasteiger charge is 2.51. The molecule has 0 heterocycles. The minimum absolute atomic E-state index is 0.198. The molecule has 0 radical (unpaired) electrons. The van der Waals surface area contributed by atoms with Gasteiger partial charge in [-0.3, -0.25) is 0 Å². The van der Waals surface area contributed by atoms with Crippen LogP contribution in [-0.2, 0) is 4.74 Å². The summed E-state index contributed by atoms with van der Waals surface area (Å²) in [6.07, 6.45) is 11.0. The van der Waals surface area contributed by atoms with E-state index in [0.717, 1.165) is 17.6 Å². The van der Waals surface area contributed by atoms with E-state index in [0.29, 0.717) is 37.7 Å². The van der Waals surface area contributed by atoms with Crippen LogP contribution in [0.4, 0.5) is 0 Å². The van der Waals surface area contributed by atoms with Gasteiger partial charge < -0.3 is 20.1 Å². The number of allylic oxidation sites excluding steroid dienone is 3. The van der Waals surface area contributed by atoms with Crippen molar-refractivity contribution < 1.29 is 20.1 Å². The van der Waals surface area contributed by atoms with Crippen LogP contribution in [0.3, 0.4) is 0 Å². The van der Waals surface area contributed by atoms with Gasteiger partial charge in [0, 0.05) is 13.0 Å². The predicted octanol–water partition coefficient (Wildman–Crippen LogP) is 4.69. The van der Waals surface area contributed by atoms with Crippen molar-refractivity contribution in [2.24, 2.45) is 17.3 Å². The number of aliphatic hydroxyl groups is 3. The second-order valence-corrected chi connectivity index (χ2v) is 10.8. The largest absolute Gasteiger partial charge is 0.393 e. The SMILES string of the molecule is C=C1/C(=C/C=C2\CCC[C@]3(C)[C@@H]([C@H](C)OCCC(C)(C)O)CC[C@@H]23)C[C@@H](O)C[C@@H]1O. The Kier molecular flexibility index (Phi) is 7.33. The van der Waals surface area contributed by atoms with Crippen molar-refractivity contribution >= 4 is 0 Å². The minimum Gasteiger partial charge on any atom is -0.393 e. The molecule has 0 aromatic carbocycles. The van der Waals surface area contributed by atoms with E-state index in [-0.39, 0.29) is 11.5 Å². The van der Waals surface area contributed by atoms with Gasteiger partial charge in [0.25, 0.3) is 0 Å². The van der Waals surface area contributed by atoms with E-state index in [4.69, 9.17) is 4.74 Å². The molecule has 0 amide bonds. The summed E-state index contributed by atoms with van der Waals surface area (Å²) in [6.45, 7) is 13.0. The van der Waals surface area contributed by atoms with E-state index in [1.807, 2.05) is 13.8 Å². The Bertz CT molecular complexity index is 686. The summed E-state index contributed by atoms with van der Waals surface area (Å²) in [5, 5.41) is 30.1. The van der Waals surface area contributed by atoms with Gasteiger partial charge >= 0.3 is 0 Å². The van der Waals surface area contributed by atoms with Crippen LogP contribution >= 0.6 is 0 Å². The van der Waals surface area contributed by atoms with Crippen molar-refractivity contribution in [3.05, 3.63) is 35.5 Å². The van der Waals surface area contributed by atoms with Crippen LogP contribution in [0.5, 0.6) is 0 Å². The maximum Gasteiger partial charge on any atom is 0.0811 e. The molecule has 0 aromatic heterocycles. The molecule has 0 saturated heterocycles. The molecule has 0 aromatic rings. The summed E-state index contributed by atoms with van der Waals surface area (Å²) < 4.78 is 6.19. The highest BCUT2D eigenvalue weighted by molar-refractivity contribution is 5.38. The number of aliphatic hydroxyl groups excluding tert-OH is 2. The fourth-order valence-corrected chi connectivity index (χ4v) is 6.13. The molecule has 3 aliphatic carbocycles. The number of rotatable bonds is 6. The van der Waals surface area contributed by atoms with Crippen molar-refractivity contribution in [3.8, 4) is 0 Å². The maximum atomic E-state index is 10.1. The topological polar surface area (TPSA) is 69.9 Å². The third kappa shape index (κ3) is 5.27. The van der Waals surface area contributed by atoms with E-state index in [1.165, 1.54) is 31.3 Å². The van der Waals surface area contributed by atoms with E-state index in [9.17, 15) is 15.3 Å². The molecular formula is C26H42O4. The Balaban J connectivity index is 1.70. The molecule has 6 atom stereocenters. The lowest BCUT2D eigenvalue weighted by Crippen LogP contribution is -2.39. The molecule has 3 saturated carbocycles. The van der Waals surface area contributed by atoms with Crippen LogP contribution < -0.4 is 0 Å². The molecule has 170 valence electrons. The average molecular weight is 419 g/mol. The second kappa shape index (κ2) is 9.28. The van der Waals surface area contributed by atoms with Crippen LogP contribution in [0.1, 0.15) is 79.1 Å². The van der Waals surface area contributed by atoms with E-state index < -0.39 is 17.8 Å². The van der Waals surface area contributed by atoms with Crippen LogP contribution in [-0.4, -0.2) is 45.8 Å². The minimum atomic E-state index is -0.680. The zero-order chi connectivity index (χ0) is 22.1. The number of fused-ring (bicyclic) bond motifs is 1. The van der Waals surface area contributed by atoms with Crippen LogP contribution in [0.15, 0.2) is 35.5 Å². The molecule has 0 unspecified atom stereocenters. The first kappa shape index (κ1) is 23.7. The highest BCUT2D eigenvalue weighted by Crippen LogP contribution is 2.58. The third-order valence-electron chi connectivity index (χ3n) is 7.96. The van der Waals surface area contributed by atoms with Gasteiger partial charge in [0.2, 0.25) is 0 Å². The lowest BCUT2D eigenvalue weighted by atomic mass is 9.62. The quantitative estimate of drug-likeness (QED) is 0.585. The lowest BCUT2D eigenvalue weighted by Gasteiger charge is -2.44. The molecule has 0 bridgehead atoms. The van der Waals surface area contributed by atoms with E-state index >= 15 is 0 Å². The fraction of sp³-hybridized carbons (Fsp3) is 0.769. The summed E-state index contributed by atoms with van der Waals surface area (Å²) in [6, 6.07) is 0. The Hall–Kier alpha value is -0.940. The van der Waals surface area contributed by atoms with Crippen molar-refractivity contribution in [2.45, 2.75) is 103 Å². The number of ether oxygens (including phenoxy) is 1. The number of hydrogen-bond donors (Lipinski definition) is 3. The van der Waals surface area contributed by atoms with Crippen LogP contribution in [0, 0.1) is 17.3 Å². The molecule has 0 spiro atoms. The summed E-state index contributed by atoms with van der Waals surface area (Å²) in [5.41, 5.74) is 2.82. The van der Waals surface area contributed by atoms with Crippen LogP contribution in [0.2, 0.25) is 0 Å². The first-order chi connectivity index (χ1) is 14.0. The molecule has 3 fully saturated rings. The van der Waals surface area contributed by atoms with E-state index in [1.54, 1.807) is 0 Å². The first-order valence-electron chi connectivity index (χ1n) is 11.8. The molecule has 4 nitrogen and oxygen atoms in total. The lowest BCUT2D eigenvalue weighted by molar-refractivity contribution is -0.0454. The van der Waals surface area contributed by atoms with Gasteiger partial charge in [-0.05, 0) is 94.1 Å². The summed E-state index contributed by atoms with van der Waals surface area (Å²) in [7, 11) is 0. The van der Waals surface area contributed by atoms with Crippen molar-refractivity contribution in [1.29, 1.82) is 0 Å². The standard InChI is InChI=1S/C26H42O4/c1-17-20(15-21(27)16-24(17)28)9-8-19-7-6-12-26(5)22(10-11-23(19)26)18(2)30-14-13-25(3,4)29/h8-9,18,21-24,27-29H,1,6-7,10-16H2,2-5H3/b19-8+,20-9+/t18-,21+,22+,23-,24-,26+/m0/s1. The zero-order valence-corrected chi connectivity index (χ0v) is 19.4. The Morgan fingerprint density at radius 2 is 2.00 bits per heavy atom. The predicted molar refractivity (Wildman–Crippen MR) is 121 cm³/mol. The normalized spacial score (nSPS) is 38.8. The fourth-order valence-electron chi connectivity index (χ4n) is 6.13. The van der Waals surface area contributed by atoms with Crippen LogP contribution in [0.25, 0.3) is 0 Å².